The van der Waals surface area contributed by atoms with Crippen LogP contribution in [0.4, 0.5) is 8.78 Å². The maximum Gasteiger partial charge on any atom is 0.251 e. The van der Waals surface area contributed by atoms with Gasteiger partial charge in [-0.05, 0) is 19.8 Å². The van der Waals surface area contributed by atoms with E-state index in [1.54, 1.807) is 6.92 Å². The lowest BCUT2D eigenvalue weighted by molar-refractivity contribution is -0.137. The summed E-state index contributed by atoms with van der Waals surface area (Å²) < 4.78 is 25.1. The summed E-state index contributed by atoms with van der Waals surface area (Å²) in [6.45, 7) is 3.40. The summed E-state index contributed by atoms with van der Waals surface area (Å²) in [6.07, 6.45) is 1.85. The summed E-state index contributed by atoms with van der Waals surface area (Å²) in [5.74, 6) is -0.0454. The molecule has 1 aliphatic rings. The van der Waals surface area contributed by atoms with Gasteiger partial charge in [-0.25, -0.2) is 8.78 Å². The van der Waals surface area contributed by atoms with Crippen LogP contribution in [0.25, 0.3) is 0 Å². The monoisotopic (exact) mass is 277 g/mol. The highest BCUT2D eigenvalue weighted by molar-refractivity contribution is 5.81. The first-order valence-electron chi connectivity index (χ1n) is 7.07. The summed E-state index contributed by atoms with van der Waals surface area (Å²) in [5.41, 5.74) is 5.44. The van der Waals surface area contributed by atoms with E-state index < -0.39 is 19.0 Å². The Labute approximate surface area is 113 Å². The fraction of sp³-hybridized carbons (Fsp3) is 0.923. The maximum absolute atomic E-state index is 12.5. The number of alkyl halides is 2. The molecule has 1 saturated heterocycles. The van der Waals surface area contributed by atoms with Crippen molar-refractivity contribution in [2.24, 2.45) is 5.73 Å². The van der Waals surface area contributed by atoms with E-state index >= 15 is 0 Å². The minimum Gasteiger partial charge on any atom is -0.341 e. The van der Waals surface area contributed by atoms with E-state index in [1.165, 1.54) is 4.90 Å². The SMILES string of the molecule is CC(C(=O)N1CCCCCC1)N(CCN)CC(F)F. The number of carbonyl (C=O) groups excluding carboxylic acids is 1. The van der Waals surface area contributed by atoms with Crippen molar-refractivity contribution in [3.63, 3.8) is 0 Å². The molecule has 4 nitrogen and oxygen atoms in total. The van der Waals surface area contributed by atoms with Gasteiger partial charge in [-0.2, -0.15) is 0 Å². The van der Waals surface area contributed by atoms with Crippen LogP contribution < -0.4 is 5.73 Å². The third-order valence-electron chi connectivity index (χ3n) is 3.61. The molecule has 0 spiro atoms. The van der Waals surface area contributed by atoms with Crippen LogP contribution >= 0.6 is 0 Å². The van der Waals surface area contributed by atoms with Crippen LogP contribution in [0.15, 0.2) is 0 Å². The lowest BCUT2D eigenvalue weighted by Crippen LogP contribution is -2.50. The van der Waals surface area contributed by atoms with Crippen molar-refractivity contribution in [3.8, 4) is 0 Å². The zero-order chi connectivity index (χ0) is 14.3. The van der Waals surface area contributed by atoms with Gasteiger partial charge in [0.05, 0.1) is 12.6 Å². The Hall–Kier alpha value is -0.750. The minimum atomic E-state index is -2.44. The predicted octanol–water partition coefficient (Wildman–Crippen LogP) is 1.30. The Bertz CT molecular complexity index is 269. The molecule has 1 heterocycles. The molecule has 0 saturated carbocycles. The number of rotatable bonds is 6. The van der Waals surface area contributed by atoms with E-state index in [0.717, 1.165) is 38.8 Å². The van der Waals surface area contributed by atoms with Gasteiger partial charge in [0.2, 0.25) is 5.91 Å². The first-order chi connectivity index (χ1) is 9.06. The highest BCUT2D eigenvalue weighted by atomic mass is 19.3. The van der Waals surface area contributed by atoms with Crippen LogP contribution in [0.2, 0.25) is 0 Å². The van der Waals surface area contributed by atoms with Crippen molar-refractivity contribution in [1.82, 2.24) is 9.80 Å². The van der Waals surface area contributed by atoms with E-state index in [0.29, 0.717) is 6.54 Å². The molecule has 0 aromatic heterocycles. The Morgan fingerprint density at radius 2 is 1.84 bits per heavy atom. The van der Waals surface area contributed by atoms with Crippen molar-refractivity contribution in [3.05, 3.63) is 0 Å². The molecule has 1 aliphatic heterocycles. The molecule has 0 aliphatic carbocycles. The van der Waals surface area contributed by atoms with Crippen molar-refractivity contribution < 1.29 is 13.6 Å². The Kier molecular flexibility index (Phi) is 7.23. The molecule has 1 atom stereocenters. The molecule has 0 radical (unpaired) electrons. The van der Waals surface area contributed by atoms with E-state index in [1.807, 2.05) is 4.90 Å². The summed E-state index contributed by atoms with van der Waals surface area (Å²) in [6, 6.07) is -0.518. The van der Waals surface area contributed by atoms with Gasteiger partial charge in [-0.1, -0.05) is 12.8 Å². The zero-order valence-corrected chi connectivity index (χ0v) is 11.7. The zero-order valence-electron chi connectivity index (χ0n) is 11.7. The number of carbonyl (C=O) groups is 1. The standard InChI is InChI=1S/C13H25F2N3O/c1-11(18(9-6-16)10-12(14)15)13(19)17-7-4-2-3-5-8-17/h11-12H,2-10,16H2,1H3. The molecule has 0 aromatic carbocycles. The summed E-state index contributed by atoms with van der Waals surface area (Å²) in [5, 5.41) is 0. The van der Waals surface area contributed by atoms with E-state index in [2.05, 4.69) is 0 Å². The minimum absolute atomic E-state index is 0.0454. The smallest absolute Gasteiger partial charge is 0.251 e. The van der Waals surface area contributed by atoms with E-state index in [-0.39, 0.29) is 12.5 Å². The topological polar surface area (TPSA) is 49.6 Å². The molecular formula is C13H25F2N3O. The van der Waals surface area contributed by atoms with Gasteiger partial charge >= 0.3 is 0 Å². The second kappa shape index (κ2) is 8.43. The van der Waals surface area contributed by atoms with Crippen molar-refractivity contribution in [2.75, 3.05) is 32.7 Å². The molecule has 0 bridgehead atoms. The molecule has 1 unspecified atom stereocenters. The van der Waals surface area contributed by atoms with Crippen molar-refractivity contribution in [2.45, 2.75) is 45.1 Å². The summed E-state index contributed by atoms with van der Waals surface area (Å²) in [4.78, 5) is 15.6. The van der Waals surface area contributed by atoms with Crippen LogP contribution in [0.5, 0.6) is 0 Å². The van der Waals surface area contributed by atoms with Gasteiger partial charge in [0, 0.05) is 26.2 Å². The third kappa shape index (κ3) is 5.40. The van der Waals surface area contributed by atoms with Crippen LogP contribution in [-0.4, -0.2) is 60.9 Å². The number of nitrogens with two attached hydrogens (primary N) is 1. The molecule has 112 valence electrons. The normalized spacial score (nSPS) is 18.7. The molecule has 1 amide bonds. The average Bonchev–Trinajstić information content (AvgIpc) is 2.64. The lowest BCUT2D eigenvalue weighted by atomic mass is 10.2. The molecule has 6 heteroatoms. The van der Waals surface area contributed by atoms with Gasteiger partial charge in [-0.3, -0.25) is 9.69 Å². The average molecular weight is 277 g/mol. The Balaban J connectivity index is 2.60. The Morgan fingerprint density at radius 3 is 2.32 bits per heavy atom. The number of nitrogens with zero attached hydrogens (tertiary/aromatic N) is 2. The van der Waals surface area contributed by atoms with E-state index in [9.17, 15) is 13.6 Å². The third-order valence-corrected chi connectivity index (χ3v) is 3.61. The number of hydrogen-bond acceptors (Lipinski definition) is 3. The quantitative estimate of drug-likeness (QED) is 0.796. The van der Waals surface area contributed by atoms with Gasteiger partial charge in [0.15, 0.2) is 0 Å². The predicted molar refractivity (Wildman–Crippen MR) is 71.1 cm³/mol. The largest absolute Gasteiger partial charge is 0.341 e. The second-order valence-corrected chi connectivity index (χ2v) is 5.09. The molecule has 0 aromatic rings. The fourth-order valence-corrected chi connectivity index (χ4v) is 2.50. The molecule has 19 heavy (non-hydrogen) atoms. The number of amides is 1. The van der Waals surface area contributed by atoms with Gasteiger partial charge in [-0.15, -0.1) is 0 Å². The van der Waals surface area contributed by atoms with Crippen molar-refractivity contribution in [1.29, 1.82) is 0 Å². The van der Waals surface area contributed by atoms with Gasteiger partial charge in [0.1, 0.15) is 0 Å². The summed E-state index contributed by atoms with van der Waals surface area (Å²) >= 11 is 0. The number of hydrogen-bond donors (Lipinski definition) is 1. The molecule has 2 N–H and O–H groups in total. The van der Waals surface area contributed by atoms with Crippen LogP contribution in [0.1, 0.15) is 32.6 Å². The maximum atomic E-state index is 12.5. The summed E-state index contributed by atoms with van der Waals surface area (Å²) in [7, 11) is 0. The number of halogens is 2. The highest BCUT2D eigenvalue weighted by Gasteiger charge is 2.27. The fourth-order valence-electron chi connectivity index (χ4n) is 2.50. The van der Waals surface area contributed by atoms with Gasteiger partial charge in [0.25, 0.3) is 6.43 Å². The number of likely N-dealkylation sites (tertiary alicyclic amines) is 1. The second-order valence-electron chi connectivity index (χ2n) is 5.09. The lowest BCUT2D eigenvalue weighted by Gasteiger charge is -2.31. The molecule has 1 rings (SSSR count). The molecule has 1 fully saturated rings. The van der Waals surface area contributed by atoms with Crippen LogP contribution in [-0.2, 0) is 4.79 Å². The molecular weight excluding hydrogens is 252 g/mol. The van der Waals surface area contributed by atoms with Crippen LogP contribution in [0, 0.1) is 0 Å². The van der Waals surface area contributed by atoms with Gasteiger partial charge < -0.3 is 10.6 Å². The Morgan fingerprint density at radius 1 is 1.26 bits per heavy atom. The first-order valence-corrected chi connectivity index (χ1v) is 7.07. The van der Waals surface area contributed by atoms with E-state index in [4.69, 9.17) is 5.73 Å². The highest BCUT2D eigenvalue weighted by Crippen LogP contribution is 2.13. The van der Waals surface area contributed by atoms with Crippen molar-refractivity contribution >= 4 is 5.91 Å². The first kappa shape index (κ1) is 16.3. The van der Waals surface area contributed by atoms with Crippen LogP contribution in [0.3, 0.4) is 0 Å².